The molecule has 3 rings (SSSR count). The molecule has 8 nitrogen and oxygen atoms in total. The molecule has 0 fully saturated rings. The Hall–Kier alpha value is -3.56. The maximum Gasteiger partial charge on any atom is 0.271 e. The highest BCUT2D eigenvalue weighted by Crippen LogP contribution is 2.28. The third-order valence-corrected chi connectivity index (χ3v) is 6.34. The van der Waals surface area contributed by atoms with Gasteiger partial charge in [0.05, 0.1) is 35.5 Å². The first-order chi connectivity index (χ1) is 15.7. The molecule has 2 N–H and O–H groups in total. The topological polar surface area (TPSA) is 106 Å². The van der Waals surface area contributed by atoms with Crippen LogP contribution in [0.2, 0.25) is 5.02 Å². The molecule has 0 spiro atoms. The van der Waals surface area contributed by atoms with Gasteiger partial charge in [0, 0.05) is 11.1 Å². The number of para-hydroxylation sites is 1. The number of amides is 1. The molecule has 3 aromatic carbocycles. The number of ether oxygens (including phenoxy) is 2. The number of benzene rings is 3. The van der Waals surface area contributed by atoms with E-state index in [9.17, 15) is 13.2 Å². The Morgan fingerprint density at radius 1 is 0.909 bits per heavy atom. The summed E-state index contributed by atoms with van der Waals surface area (Å²) in [6.07, 6.45) is 0. The van der Waals surface area contributed by atoms with Crippen LogP contribution in [-0.4, -0.2) is 34.3 Å². The second-order valence-corrected chi connectivity index (χ2v) is 8.91. The third-order valence-electron chi connectivity index (χ3n) is 4.65. The molecule has 3 aromatic rings. The molecule has 172 valence electrons. The first-order valence-corrected chi connectivity index (χ1v) is 11.6. The minimum absolute atomic E-state index is 0.0873. The summed E-state index contributed by atoms with van der Waals surface area (Å²) >= 11 is 6.04. The molecule has 0 heterocycles. The third kappa shape index (κ3) is 5.82. The summed E-state index contributed by atoms with van der Waals surface area (Å²) in [4.78, 5) is 12.5. The molecule has 0 aliphatic heterocycles. The average molecular weight is 488 g/mol. The van der Waals surface area contributed by atoms with Crippen molar-refractivity contribution in [2.45, 2.75) is 11.8 Å². The summed E-state index contributed by atoms with van der Waals surface area (Å²) in [5, 5.41) is 4.37. The fourth-order valence-electron chi connectivity index (χ4n) is 2.88. The summed E-state index contributed by atoms with van der Waals surface area (Å²) in [6, 6.07) is 17.3. The van der Waals surface area contributed by atoms with E-state index in [1.165, 1.54) is 38.5 Å². The van der Waals surface area contributed by atoms with Gasteiger partial charge < -0.3 is 9.47 Å². The van der Waals surface area contributed by atoms with Crippen molar-refractivity contribution in [1.82, 2.24) is 5.43 Å². The van der Waals surface area contributed by atoms with Gasteiger partial charge >= 0.3 is 0 Å². The molecular weight excluding hydrogens is 466 g/mol. The fraction of sp³-hybridized carbons (Fsp3) is 0.130. The zero-order valence-corrected chi connectivity index (χ0v) is 19.7. The van der Waals surface area contributed by atoms with Crippen molar-refractivity contribution >= 4 is 38.9 Å². The number of carbonyl (C=O) groups is 1. The average Bonchev–Trinajstić information content (AvgIpc) is 2.83. The van der Waals surface area contributed by atoms with Gasteiger partial charge in [-0.05, 0) is 55.5 Å². The van der Waals surface area contributed by atoms with E-state index in [0.717, 1.165) is 0 Å². The van der Waals surface area contributed by atoms with Crippen molar-refractivity contribution in [3.63, 3.8) is 0 Å². The number of hydrazone groups is 1. The Morgan fingerprint density at radius 2 is 1.64 bits per heavy atom. The van der Waals surface area contributed by atoms with Gasteiger partial charge in [0.1, 0.15) is 0 Å². The molecule has 1 amide bonds. The minimum atomic E-state index is -3.96. The minimum Gasteiger partial charge on any atom is -0.493 e. The van der Waals surface area contributed by atoms with Crippen molar-refractivity contribution in [2.24, 2.45) is 5.10 Å². The largest absolute Gasteiger partial charge is 0.493 e. The lowest BCUT2D eigenvalue weighted by Crippen LogP contribution is -2.20. The van der Waals surface area contributed by atoms with E-state index in [4.69, 9.17) is 21.1 Å². The highest BCUT2D eigenvalue weighted by molar-refractivity contribution is 7.92. The van der Waals surface area contributed by atoms with Crippen LogP contribution in [0, 0.1) is 0 Å². The van der Waals surface area contributed by atoms with Crippen LogP contribution in [-0.2, 0) is 10.0 Å². The van der Waals surface area contributed by atoms with E-state index in [1.54, 1.807) is 49.4 Å². The van der Waals surface area contributed by atoms with E-state index in [2.05, 4.69) is 15.2 Å². The van der Waals surface area contributed by atoms with Gasteiger partial charge in [-0.3, -0.25) is 9.52 Å². The van der Waals surface area contributed by atoms with Crippen LogP contribution in [0.25, 0.3) is 0 Å². The number of hydrogen-bond acceptors (Lipinski definition) is 6. The fourth-order valence-corrected chi connectivity index (χ4v) is 4.24. The summed E-state index contributed by atoms with van der Waals surface area (Å²) < 4.78 is 38.4. The number of halogens is 1. The number of nitrogens with zero attached hydrogens (tertiary/aromatic N) is 1. The first-order valence-electron chi connectivity index (χ1n) is 9.69. The van der Waals surface area contributed by atoms with Gasteiger partial charge in [-0.1, -0.05) is 29.8 Å². The van der Waals surface area contributed by atoms with Gasteiger partial charge in [0.15, 0.2) is 11.5 Å². The number of anilines is 1. The van der Waals surface area contributed by atoms with E-state index < -0.39 is 15.9 Å². The lowest BCUT2D eigenvalue weighted by molar-refractivity contribution is 0.0954. The standard InChI is InChI=1S/C23H22ClN3O5S/c1-15(16-11-12-21(31-2)22(14-16)32-3)25-26-23(28)17-7-6-8-18(13-17)33(29,30)27-20-10-5-4-9-19(20)24/h4-14,27H,1-3H3,(H,26,28)/b25-15+. The van der Waals surface area contributed by atoms with Gasteiger partial charge in [-0.2, -0.15) is 5.10 Å². The van der Waals surface area contributed by atoms with Crippen LogP contribution in [0.4, 0.5) is 5.69 Å². The monoisotopic (exact) mass is 487 g/mol. The number of rotatable bonds is 8. The molecule has 0 atom stereocenters. The lowest BCUT2D eigenvalue weighted by atomic mass is 10.1. The van der Waals surface area contributed by atoms with Gasteiger partial charge in [0.2, 0.25) is 0 Å². The molecule has 0 radical (unpaired) electrons. The van der Waals surface area contributed by atoms with Crippen molar-refractivity contribution in [1.29, 1.82) is 0 Å². The number of nitrogens with one attached hydrogen (secondary N) is 2. The second-order valence-electron chi connectivity index (χ2n) is 6.82. The van der Waals surface area contributed by atoms with Crippen LogP contribution in [0.15, 0.2) is 76.7 Å². The molecule has 10 heteroatoms. The SMILES string of the molecule is COc1ccc(/C(C)=N/NC(=O)c2cccc(S(=O)(=O)Nc3ccccc3Cl)c2)cc1OC. The molecule has 0 bridgehead atoms. The van der Waals surface area contributed by atoms with Crippen molar-refractivity contribution in [3.05, 3.63) is 82.9 Å². The molecule has 0 aliphatic carbocycles. The summed E-state index contributed by atoms with van der Waals surface area (Å²) in [6.45, 7) is 1.72. The predicted octanol–water partition coefficient (Wildman–Crippen LogP) is 4.31. The number of sulfonamides is 1. The summed E-state index contributed by atoms with van der Waals surface area (Å²) in [5.74, 6) is 0.533. The van der Waals surface area contributed by atoms with Crippen LogP contribution in [0.1, 0.15) is 22.8 Å². The summed E-state index contributed by atoms with van der Waals surface area (Å²) in [5.41, 5.74) is 4.04. The number of hydrogen-bond donors (Lipinski definition) is 2. The molecular formula is C23H22ClN3O5S. The predicted molar refractivity (Wildman–Crippen MR) is 128 cm³/mol. The molecule has 0 saturated heterocycles. The smallest absolute Gasteiger partial charge is 0.271 e. The Morgan fingerprint density at radius 3 is 2.33 bits per heavy atom. The van der Waals surface area contributed by atoms with Crippen molar-refractivity contribution < 1.29 is 22.7 Å². The highest BCUT2D eigenvalue weighted by Gasteiger charge is 2.18. The first kappa shape index (κ1) is 24.1. The van der Waals surface area contributed by atoms with Crippen molar-refractivity contribution in [2.75, 3.05) is 18.9 Å². The van der Waals surface area contributed by atoms with Gasteiger partial charge in [-0.25, -0.2) is 13.8 Å². The molecule has 0 aromatic heterocycles. The normalized spacial score (nSPS) is 11.6. The Kier molecular flexibility index (Phi) is 7.57. The molecule has 33 heavy (non-hydrogen) atoms. The van der Waals surface area contributed by atoms with Crippen LogP contribution < -0.4 is 19.6 Å². The molecule has 0 saturated carbocycles. The van der Waals surface area contributed by atoms with E-state index in [0.29, 0.717) is 22.8 Å². The number of carbonyl (C=O) groups excluding carboxylic acids is 1. The Bertz CT molecular complexity index is 1310. The maximum atomic E-state index is 12.7. The van der Waals surface area contributed by atoms with E-state index in [1.807, 2.05) is 0 Å². The van der Waals surface area contributed by atoms with Crippen LogP contribution >= 0.6 is 11.6 Å². The summed E-state index contributed by atoms with van der Waals surface area (Å²) in [7, 11) is -0.892. The zero-order chi connectivity index (χ0) is 24.0. The lowest BCUT2D eigenvalue weighted by Gasteiger charge is -2.11. The van der Waals surface area contributed by atoms with E-state index >= 15 is 0 Å². The van der Waals surface area contributed by atoms with Crippen LogP contribution in [0.5, 0.6) is 11.5 Å². The van der Waals surface area contributed by atoms with Gasteiger partial charge in [-0.15, -0.1) is 0 Å². The Labute approximate surface area is 197 Å². The second kappa shape index (κ2) is 10.4. The number of methoxy groups -OCH3 is 2. The zero-order valence-electron chi connectivity index (χ0n) is 18.1. The van der Waals surface area contributed by atoms with Crippen LogP contribution in [0.3, 0.4) is 0 Å². The molecule has 0 unspecified atom stereocenters. The highest BCUT2D eigenvalue weighted by atomic mass is 35.5. The van der Waals surface area contributed by atoms with E-state index in [-0.39, 0.29) is 21.2 Å². The van der Waals surface area contributed by atoms with Gasteiger partial charge in [0.25, 0.3) is 15.9 Å². The van der Waals surface area contributed by atoms with Crippen molar-refractivity contribution in [3.8, 4) is 11.5 Å². The quantitative estimate of drug-likeness (QED) is 0.363. The Balaban J connectivity index is 1.77. The molecule has 0 aliphatic rings. The maximum absolute atomic E-state index is 12.7.